The lowest BCUT2D eigenvalue weighted by atomic mass is 10.2. The van der Waals surface area contributed by atoms with E-state index in [-0.39, 0.29) is 0 Å². The van der Waals surface area contributed by atoms with E-state index < -0.39 is 0 Å². The number of hydrogen-bond donors (Lipinski definition) is 1. The summed E-state index contributed by atoms with van der Waals surface area (Å²) in [4.78, 5) is 3.96. The van der Waals surface area contributed by atoms with Crippen LogP contribution in [0.4, 0.5) is 5.82 Å². The van der Waals surface area contributed by atoms with Gasteiger partial charge >= 0.3 is 0 Å². The van der Waals surface area contributed by atoms with Crippen LogP contribution in [0.25, 0.3) is 0 Å². The summed E-state index contributed by atoms with van der Waals surface area (Å²) in [5.74, 6) is 0.512. The Morgan fingerprint density at radius 2 is 2.38 bits per heavy atom. The van der Waals surface area contributed by atoms with Crippen LogP contribution in [0.1, 0.15) is 5.56 Å². The third-order valence-electron chi connectivity index (χ3n) is 1.65. The molecular formula is C7H8N6. The smallest absolute Gasteiger partial charge is 0.138 e. The van der Waals surface area contributed by atoms with Gasteiger partial charge in [0.25, 0.3) is 0 Å². The predicted molar refractivity (Wildman–Crippen MR) is 45.6 cm³/mol. The van der Waals surface area contributed by atoms with E-state index in [2.05, 4.69) is 20.5 Å². The minimum absolute atomic E-state index is 0.512. The van der Waals surface area contributed by atoms with Gasteiger partial charge in [-0.1, -0.05) is 6.07 Å². The van der Waals surface area contributed by atoms with E-state index in [4.69, 9.17) is 5.73 Å². The Morgan fingerprint density at radius 1 is 1.46 bits per heavy atom. The molecule has 0 saturated carbocycles. The van der Waals surface area contributed by atoms with Crippen molar-refractivity contribution < 1.29 is 0 Å². The quantitative estimate of drug-likeness (QED) is 0.679. The molecule has 6 heteroatoms. The Bertz CT molecular complexity index is 382. The second-order valence-electron chi connectivity index (χ2n) is 2.56. The summed E-state index contributed by atoms with van der Waals surface area (Å²) in [7, 11) is 0. The topological polar surface area (TPSA) is 82.5 Å². The highest BCUT2D eigenvalue weighted by Crippen LogP contribution is 2.07. The molecule has 0 saturated heterocycles. The van der Waals surface area contributed by atoms with Crippen molar-refractivity contribution >= 4 is 5.82 Å². The summed E-state index contributed by atoms with van der Waals surface area (Å²) in [5.41, 5.74) is 6.56. The maximum Gasteiger partial charge on any atom is 0.138 e. The number of rotatable bonds is 2. The van der Waals surface area contributed by atoms with Gasteiger partial charge in [0.1, 0.15) is 12.1 Å². The Labute approximate surface area is 74.4 Å². The maximum atomic E-state index is 5.64. The van der Waals surface area contributed by atoms with Gasteiger partial charge in [0.2, 0.25) is 0 Å². The van der Waals surface area contributed by atoms with Crippen molar-refractivity contribution in [3.8, 4) is 0 Å². The zero-order valence-electron chi connectivity index (χ0n) is 6.83. The largest absolute Gasteiger partial charge is 0.383 e. The molecule has 2 rings (SSSR count). The van der Waals surface area contributed by atoms with Crippen molar-refractivity contribution in [2.24, 2.45) is 0 Å². The molecular weight excluding hydrogens is 168 g/mol. The molecule has 2 N–H and O–H groups in total. The van der Waals surface area contributed by atoms with Crippen LogP contribution < -0.4 is 5.73 Å². The molecule has 2 aromatic rings. The van der Waals surface area contributed by atoms with E-state index in [1.807, 2.05) is 12.1 Å². The number of aromatic nitrogens is 5. The van der Waals surface area contributed by atoms with Crippen molar-refractivity contribution in [1.82, 2.24) is 25.2 Å². The minimum Gasteiger partial charge on any atom is -0.383 e. The molecule has 0 aliphatic rings. The standard InChI is InChI=1S/C7H8N6/c8-7-6(2-1-3-9-7)4-13-5-10-11-12-13/h1-3,5H,4H2,(H2,8,9). The first kappa shape index (κ1) is 7.66. The number of hydrogen-bond acceptors (Lipinski definition) is 5. The molecule has 2 aromatic heterocycles. The van der Waals surface area contributed by atoms with Crippen LogP contribution in [-0.2, 0) is 6.54 Å². The van der Waals surface area contributed by atoms with Gasteiger partial charge in [-0.05, 0) is 16.5 Å². The van der Waals surface area contributed by atoms with Gasteiger partial charge in [-0.15, -0.1) is 5.10 Å². The van der Waals surface area contributed by atoms with Crippen LogP contribution in [0, 0.1) is 0 Å². The zero-order chi connectivity index (χ0) is 9.10. The molecule has 0 bridgehead atoms. The van der Waals surface area contributed by atoms with E-state index in [1.54, 1.807) is 10.9 Å². The third-order valence-corrected chi connectivity index (χ3v) is 1.65. The van der Waals surface area contributed by atoms with Crippen molar-refractivity contribution in [1.29, 1.82) is 0 Å². The predicted octanol–water partition coefficient (Wildman–Crippen LogP) is -0.301. The van der Waals surface area contributed by atoms with Gasteiger partial charge in [0.15, 0.2) is 0 Å². The van der Waals surface area contributed by atoms with E-state index >= 15 is 0 Å². The first-order valence-electron chi connectivity index (χ1n) is 3.76. The summed E-state index contributed by atoms with van der Waals surface area (Å²) in [6.07, 6.45) is 3.19. The van der Waals surface area contributed by atoms with Gasteiger partial charge in [0.05, 0.1) is 6.54 Å². The van der Waals surface area contributed by atoms with E-state index in [0.717, 1.165) is 5.56 Å². The van der Waals surface area contributed by atoms with E-state index in [9.17, 15) is 0 Å². The second-order valence-corrected chi connectivity index (χ2v) is 2.56. The van der Waals surface area contributed by atoms with Crippen molar-refractivity contribution in [3.05, 3.63) is 30.2 Å². The fourth-order valence-electron chi connectivity index (χ4n) is 1.01. The Balaban J connectivity index is 2.24. The Hall–Kier alpha value is -1.98. The first-order chi connectivity index (χ1) is 6.36. The monoisotopic (exact) mass is 176 g/mol. The van der Waals surface area contributed by atoms with Gasteiger partial charge in [-0.25, -0.2) is 9.67 Å². The minimum atomic E-state index is 0.512. The summed E-state index contributed by atoms with van der Waals surface area (Å²) in [6, 6.07) is 3.72. The number of nitrogens with two attached hydrogens (primary N) is 1. The number of anilines is 1. The molecule has 0 amide bonds. The van der Waals surface area contributed by atoms with Crippen LogP contribution in [0.2, 0.25) is 0 Å². The van der Waals surface area contributed by atoms with Gasteiger partial charge in [0, 0.05) is 11.8 Å². The molecule has 2 heterocycles. The number of nitrogen functional groups attached to an aromatic ring is 1. The molecule has 0 aliphatic heterocycles. The van der Waals surface area contributed by atoms with Crippen LogP contribution in [0.5, 0.6) is 0 Å². The molecule has 0 radical (unpaired) electrons. The van der Waals surface area contributed by atoms with Crippen LogP contribution in [0.15, 0.2) is 24.7 Å². The Morgan fingerprint density at radius 3 is 3.08 bits per heavy atom. The first-order valence-corrected chi connectivity index (χ1v) is 3.76. The Kier molecular flexibility index (Phi) is 1.87. The maximum absolute atomic E-state index is 5.64. The number of tetrazole rings is 1. The molecule has 13 heavy (non-hydrogen) atoms. The molecule has 0 atom stereocenters. The highest BCUT2D eigenvalue weighted by molar-refractivity contribution is 5.38. The SMILES string of the molecule is Nc1ncccc1Cn1cnnn1. The molecule has 0 aromatic carbocycles. The lowest BCUT2D eigenvalue weighted by Gasteiger charge is -2.01. The van der Waals surface area contributed by atoms with Gasteiger partial charge < -0.3 is 5.73 Å². The fraction of sp³-hybridized carbons (Fsp3) is 0.143. The highest BCUT2D eigenvalue weighted by atomic mass is 15.5. The lowest BCUT2D eigenvalue weighted by Crippen LogP contribution is -2.04. The van der Waals surface area contributed by atoms with Crippen molar-refractivity contribution in [3.63, 3.8) is 0 Å². The highest BCUT2D eigenvalue weighted by Gasteiger charge is 2.00. The van der Waals surface area contributed by atoms with E-state index in [0.29, 0.717) is 12.4 Å². The van der Waals surface area contributed by atoms with Crippen LogP contribution >= 0.6 is 0 Å². The van der Waals surface area contributed by atoms with Crippen molar-refractivity contribution in [2.45, 2.75) is 6.54 Å². The zero-order valence-corrected chi connectivity index (χ0v) is 6.83. The van der Waals surface area contributed by atoms with Gasteiger partial charge in [-0.3, -0.25) is 0 Å². The summed E-state index contributed by atoms with van der Waals surface area (Å²) < 4.78 is 1.59. The normalized spacial score (nSPS) is 10.2. The molecule has 6 nitrogen and oxygen atoms in total. The molecule has 0 fully saturated rings. The molecule has 0 aliphatic carbocycles. The average Bonchev–Trinajstić information content (AvgIpc) is 2.61. The molecule has 0 unspecified atom stereocenters. The summed E-state index contributed by atoms with van der Waals surface area (Å²) in [5, 5.41) is 10.8. The fourth-order valence-corrected chi connectivity index (χ4v) is 1.01. The molecule has 66 valence electrons. The van der Waals surface area contributed by atoms with Crippen LogP contribution in [-0.4, -0.2) is 25.2 Å². The second kappa shape index (κ2) is 3.18. The number of nitrogens with zero attached hydrogens (tertiary/aromatic N) is 5. The van der Waals surface area contributed by atoms with Crippen molar-refractivity contribution in [2.75, 3.05) is 5.73 Å². The van der Waals surface area contributed by atoms with Crippen LogP contribution in [0.3, 0.4) is 0 Å². The average molecular weight is 176 g/mol. The molecule has 0 spiro atoms. The summed E-state index contributed by atoms with van der Waals surface area (Å²) >= 11 is 0. The summed E-state index contributed by atoms with van der Waals surface area (Å²) in [6.45, 7) is 0.548. The van der Waals surface area contributed by atoms with E-state index in [1.165, 1.54) is 6.33 Å². The number of pyridine rings is 1. The third kappa shape index (κ3) is 1.61. The lowest BCUT2D eigenvalue weighted by molar-refractivity contribution is 0.648. The van der Waals surface area contributed by atoms with Gasteiger partial charge in [-0.2, -0.15) is 0 Å².